The minimum atomic E-state index is -0.474. The third kappa shape index (κ3) is 3.78. The molecule has 1 amide bonds. The van der Waals surface area contributed by atoms with Crippen molar-refractivity contribution in [2.24, 2.45) is 0 Å². The average Bonchev–Trinajstić information content (AvgIpc) is 3.36. The summed E-state index contributed by atoms with van der Waals surface area (Å²) in [5, 5.41) is 25.9. The number of hydrogen-bond donors (Lipinski definition) is 1. The number of carbonyl (C=O) groups excluding carboxylic acids is 1. The van der Waals surface area contributed by atoms with Crippen molar-refractivity contribution in [2.75, 3.05) is 5.32 Å². The largest absolute Gasteiger partial charge is 0.305 e. The van der Waals surface area contributed by atoms with Gasteiger partial charge in [0.15, 0.2) is 5.69 Å². The summed E-state index contributed by atoms with van der Waals surface area (Å²) >= 11 is 0. The quantitative estimate of drug-likeness (QED) is 0.403. The molecule has 0 saturated carbocycles. The van der Waals surface area contributed by atoms with Crippen molar-refractivity contribution in [1.29, 1.82) is 0 Å². The van der Waals surface area contributed by atoms with Crippen LogP contribution in [0.25, 0.3) is 11.4 Å². The zero-order chi connectivity index (χ0) is 21.3. The first-order valence-corrected chi connectivity index (χ1v) is 9.03. The third-order valence-corrected chi connectivity index (χ3v) is 4.40. The summed E-state index contributed by atoms with van der Waals surface area (Å²) in [5.41, 5.74) is 3.27. The molecule has 4 rings (SSSR count). The minimum Gasteiger partial charge on any atom is -0.305 e. The van der Waals surface area contributed by atoms with Crippen LogP contribution >= 0.6 is 0 Å². The van der Waals surface area contributed by atoms with Crippen LogP contribution in [0.3, 0.4) is 0 Å². The molecular formula is C20H17N7O3. The first-order valence-electron chi connectivity index (χ1n) is 9.03. The van der Waals surface area contributed by atoms with Gasteiger partial charge in [0.1, 0.15) is 5.82 Å². The maximum absolute atomic E-state index is 12.7. The van der Waals surface area contributed by atoms with Gasteiger partial charge in [-0.1, -0.05) is 22.9 Å². The van der Waals surface area contributed by atoms with Crippen LogP contribution in [-0.2, 0) is 0 Å². The van der Waals surface area contributed by atoms with Crippen LogP contribution in [0, 0.1) is 24.0 Å². The number of aromatic nitrogens is 5. The highest BCUT2D eigenvalue weighted by Gasteiger charge is 2.16. The average molecular weight is 403 g/mol. The highest BCUT2D eigenvalue weighted by molar-refractivity contribution is 6.02. The Hall–Kier alpha value is -4.34. The molecule has 4 aromatic rings. The normalized spacial score (nSPS) is 10.7. The maximum Gasteiger partial charge on any atom is 0.279 e. The molecule has 0 aliphatic heterocycles. The van der Waals surface area contributed by atoms with Gasteiger partial charge in [-0.25, -0.2) is 9.36 Å². The Morgan fingerprint density at radius 2 is 1.70 bits per heavy atom. The van der Waals surface area contributed by atoms with Crippen LogP contribution in [0.5, 0.6) is 0 Å². The van der Waals surface area contributed by atoms with E-state index < -0.39 is 10.8 Å². The monoisotopic (exact) mass is 403 g/mol. The van der Waals surface area contributed by atoms with Crippen LogP contribution in [0.2, 0.25) is 0 Å². The summed E-state index contributed by atoms with van der Waals surface area (Å²) < 4.78 is 3.02. The maximum atomic E-state index is 12.7. The number of amides is 1. The number of nitro benzene ring substituents is 1. The minimum absolute atomic E-state index is 0.0269. The van der Waals surface area contributed by atoms with Crippen LogP contribution in [0.1, 0.15) is 21.7 Å². The molecule has 30 heavy (non-hydrogen) atoms. The predicted octanol–water partition coefficient (Wildman–Crippen LogP) is 3.23. The molecule has 0 aliphatic rings. The molecule has 0 radical (unpaired) electrons. The fourth-order valence-electron chi connectivity index (χ4n) is 2.87. The molecule has 0 spiro atoms. The number of rotatable bonds is 5. The van der Waals surface area contributed by atoms with Crippen molar-refractivity contribution in [3.8, 4) is 11.4 Å². The lowest BCUT2D eigenvalue weighted by atomic mass is 10.2. The van der Waals surface area contributed by atoms with Crippen LogP contribution in [0.4, 0.5) is 11.5 Å². The zero-order valence-electron chi connectivity index (χ0n) is 16.2. The van der Waals surface area contributed by atoms with Crippen molar-refractivity contribution in [3.63, 3.8) is 0 Å². The molecule has 2 aromatic carbocycles. The second-order valence-electron chi connectivity index (χ2n) is 6.69. The SMILES string of the molecule is Cc1ccc(-n2cc(C(=O)Nc3cc(C)nn3-c3ccc([N+](=O)[O-])cc3)nn2)cc1. The topological polar surface area (TPSA) is 121 Å². The predicted molar refractivity (Wildman–Crippen MR) is 109 cm³/mol. The van der Waals surface area contributed by atoms with Gasteiger partial charge < -0.3 is 5.32 Å². The Labute approximate surface area is 170 Å². The Kier molecular flexibility index (Phi) is 4.80. The molecule has 0 bridgehead atoms. The van der Waals surface area contributed by atoms with E-state index in [9.17, 15) is 14.9 Å². The lowest BCUT2D eigenvalue weighted by molar-refractivity contribution is -0.384. The molecule has 2 heterocycles. The first kappa shape index (κ1) is 19.0. The summed E-state index contributed by atoms with van der Waals surface area (Å²) in [6.45, 7) is 3.77. The Morgan fingerprint density at radius 3 is 2.37 bits per heavy atom. The van der Waals surface area contributed by atoms with E-state index in [0.29, 0.717) is 17.2 Å². The number of aryl methyl sites for hydroxylation is 2. The number of anilines is 1. The van der Waals surface area contributed by atoms with Gasteiger partial charge in [0.2, 0.25) is 0 Å². The smallest absolute Gasteiger partial charge is 0.279 e. The molecular weight excluding hydrogens is 386 g/mol. The second-order valence-corrected chi connectivity index (χ2v) is 6.69. The van der Waals surface area contributed by atoms with Crippen molar-refractivity contribution in [3.05, 3.63) is 87.9 Å². The summed E-state index contributed by atoms with van der Waals surface area (Å²) in [6, 6.07) is 15.3. The molecule has 2 aromatic heterocycles. The third-order valence-electron chi connectivity index (χ3n) is 4.40. The van der Waals surface area contributed by atoms with Gasteiger partial charge in [-0.3, -0.25) is 14.9 Å². The van der Waals surface area contributed by atoms with Gasteiger partial charge in [-0.15, -0.1) is 5.10 Å². The van der Waals surface area contributed by atoms with Gasteiger partial charge in [-0.05, 0) is 38.1 Å². The van der Waals surface area contributed by atoms with Gasteiger partial charge in [0.05, 0.1) is 28.2 Å². The number of non-ortho nitro benzene ring substituents is 1. The van der Waals surface area contributed by atoms with Crippen LogP contribution in [-0.4, -0.2) is 35.6 Å². The molecule has 1 N–H and O–H groups in total. The van der Waals surface area contributed by atoms with E-state index in [2.05, 4.69) is 20.7 Å². The van der Waals surface area contributed by atoms with Crippen molar-refractivity contribution >= 4 is 17.4 Å². The number of nitrogens with one attached hydrogen (secondary N) is 1. The lowest BCUT2D eigenvalue weighted by Crippen LogP contribution is -2.15. The highest BCUT2D eigenvalue weighted by Crippen LogP contribution is 2.20. The number of benzene rings is 2. The Morgan fingerprint density at radius 1 is 1.03 bits per heavy atom. The van der Waals surface area contributed by atoms with E-state index in [4.69, 9.17) is 0 Å². The van der Waals surface area contributed by atoms with Crippen LogP contribution < -0.4 is 5.32 Å². The molecule has 10 heteroatoms. The van der Waals surface area contributed by atoms with Crippen LogP contribution in [0.15, 0.2) is 60.8 Å². The van der Waals surface area contributed by atoms with Gasteiger partial charge >= 0.3 is 0 Å². The van der Waals surface area contributed by atoms with E-state index in [1.165, 1.54) is 21.5 Å². The van der Waals surface area contributed by atoms with E-state index in [1.807, 2.05) is 31.2 Å². The van der Waals surface area contributed by atoms with E-state index in [0.717, 1.165) is 11.3 Å². The fourth-order valence-corrected chi connectivity index (χ4v) is 2.87. The Balaban J connectivity index is 1.57. The summed E-state index contributed by atoms with van der Waals surface area (Å²) in [7, 11) is 0. The highest BCUT2D eigenvalue weighted by atomic mass is 16.6. The summed E-state index contributed by atoms with van der Waals surface area (Å²) in [4.78, 5) is 23.1. The van der Waals surface area contributed by atoms with E-state index in [1.54, 1.807) is 31.3 Å². The second kappa shape index (κ2) is 7.59. The number of nitrogens with zero attached hydrogens (tertiary/aromatic N) is 6. The van der Waals surface area contributed by atoms with Gasteiger partial charge in [0.25, 0.3) is 11.6 Å². The van der Waals surface area contributed by atoms with Gasteiger partial charge in [-0.2, -0.15) is 5.10 Å². The molecule has 10 nitrogen and oxygen atoms in total. The number of nitro groups is 1. The van der Waals surface area contributed by atoms with Crippen molar-refractivity contribution in [2.45, 2.75) is 13.8 Å². The first-order chi connectivity index (χ1) is 14.4. The molecule has 0 aliphatic carbocycles. The van der Waals surface area contributed by atoms with Crippen molar-refractivity contribution < 1.29 is 9.72 Å². The molecule has 0 saturated heterocycles. The lowest BCUT2D eigenvalue weighted by Gasteiger charge is -2.07. The zero-order valence-corrected chi connectivity index (χ0v) is 16.2. The standard InChI is InChI=1S/C20H17N7O3/c1-13-3-5-15(6-4-13)25-12-18(22-24-25)20(28)21-19-11-14(2)23-26(19)16-7-9-17(10-8-16)27(29)30/h3-12H,1-2H3,(H,21,28). The van der Waals surface area contributed by atoms with Gasteiger partial charge in [0, 0.05) is 18.2 Å². The number of carbonyl (C=O) groups is 1. The van der Waals surface area contributed by atoms with Crippen molar-refractivity contribution in [1.82, 2.24) is 24.8 Å². The summed E-state index contributed by atoms with van der Waals surface area (Å²) in [6.07, 6.45) is 1.54. The molecule has 0 fully saturated rings. The summed E-state index contributed by atoms with van der Waals surface area (Å²) in [5.74, 6) is -0.0346. The number of hydrogen-bond acceptors (Lipinski definition) is 6. The fraction of sp³-hybridized carbons (Fsp3) is 0.100. The molecule has 0 atom stereocenters. The van der Waals surface area contributed by atoms with E-state index >= 15 is 0 Å². The molecule has 0 unspecified atom stereocenters. The van der Waals surface area contributed by atoms with E-state index in [-0.39, 0.29) is 11.4 Å². The molecule has 150 valence electrons. The Bertz CT molecular complexity index is 1220.